The molecule has 0 aromatic heterocycles. The fourth-order valence-corrected chi connectivity index (χ4v) is 1.14. The number of amidine groups is 1. The Kier molecular flexibility index (Phi) is 5.81. The number of nitrogens with two attached hydrogens (primary N) is 2. The molecule has 0 aromatic carbocycles. The van der Waals surface area contributed by atoms with Gasteiger partial charge in [0.15, 0.2) is 0 Å². The van der Waals surface area contributed by atoms with Crippen molar-refractivity contribution in [1.82, 2.24) is 5.32 Å². The Balaban J connectivity index is 4.20. The third-order valence-electron chi connectivity index (χ3n) is 2.58. The predicted octanol–water partition coefficient (Wildman–Crippen LogP) is 0.00260. The zero-order valence-corrected chi connectivity index (χ0v) is 10.2. The second-order valence-electron chi connectivity index (χ2n) is 4.53. The van der Waals surface area contributed by atoms with Crippen LogP contribution in [0.15, 0.2) is 5.16 Å². The lowest BCUT2D eigenvalue weighted by atomic mass is 9.92. The van der Waals surface area contributed by atoms with E-state index in [9.17, 15) is 4.79 Å². The fourth-order valence-electron chi connectivity index (χ4n) is 1.14. The first kappa shape index (κ1) is 14.7. The number of hydrogen-bond donors (Lipinski definition) is 4. The van der Waals surface area contributed by atoms with Gasteiger partial charge in [0, 0.05) is 19.0 Å². The number of carbonyl (C=O) groups excluding carboxylic acids is 1. The summed E-state index contributed by atoms with van der Waals surface area (Å²) in [4.78, 5) is 11.1. The van der Waals surface area contributed by atoms with Crippen molar-refractivity contribution in [2.45, 2.75) is 39.7 Å². The van der Waals surface area contributed by atoms with Crippen LogP contribution in [-0.4, -0.2) is 29.5 Å². The van der Waals surface area contributed by atoms with E-state index in [4.69, 9.17) is 16.7 Å². The lowest BCUT2D eigenvalue weighted by molar-refractivity contribution is -0.125. The van der Waals surface area contributed by atoms with Crippen molar-refractivity contribution in [3.63, 3.8) is 0 Å². The first-order valence-corrected chi connectivity index (χ1v) is 5.33. The average molecular weight is 230 g/mol. The molecule has 1 atom stereocenters. The lowest BCUT2D eigenvalue weighted by Gasteiger charge is -2.24. The van der Waals surface area contributed by atoms with Gasteiger partial charge < -0.3 is 22.0 Å². The zero-order valence-electron chi connectivity index (χ0n) is 10.2. The highest BCUT2D eigenvalue weighted by Crippen LogP contribution is 2.13. The van der Waals surface area contributed by atoms with Gasteiger partial charge in [0.25, 0.3) is 0 Å². The zero-order chi connectivity index (χ0) is 12.8. The highest BCUT2D eigenvalue weighted by atomic mass is 16.4. The highest BCUT2D eigenvalue weighted by molar-refractivity contribution is 5.80. The normalized spacial score (nSPS) is 14.8. The van der Waals surface area contributed by atoms with Crippen molar-refractivity contribution in [3.05, 3.63) is 0 Å². The molecule has 0 aliphatic carbocycles. The van der Waals surface area contributed by atoms with Crippen LogP contribution >= 0.6 is 0 Å². The molecule has 0 spiro atoms. The Bertz CT molecular complexity index is 264. The minimum Gasteiger partial charge on any atom is -0.409 e. The van der Waals surface area contributed by atoms with Crippen molar-refractivity contribution in [2.75, 3.05) is 6.54 Å². The number of oxime groups is 1. The summed E-state index contributed by atoms with van der Waals surface area (Å²) in [6.07, 6.45) is 1.27. The van der Waals surface area contributed by atoms with Crippen LogP contribution in [0.3, 0.4) is 0 Å². The minimum absolute atomic E-state index is 0.0783. The molecule has 1 amide bonds. The molecular formula is C10H22N4O2. The summed E-state index contributed by atoms with van der Waals surface area (Å²) in [5.74, 6) is -0.171. The third kappa shape index (κ3) is 4.97. The van der Waals surface area contributed by atoms with Gasteiger partial charge in [-0.1, -0.05) is 12.1 Å². The largest absolute Gasteiger partial charge is 0.409 e. The second kappa shape index (κ2) is 6.32. The van der Waals surface area contributed by atoms with E-state index in [0.717, 1.165) is 6.42 Å². The third-order valence-corrected chi connectivity index (χ3v) is 2.58. The molecule has 0 bridgehead atoms. The summed E-state index contributed by atoms with van der Waals surface area (Å²) in [5, 5.41) is 14.6. The van der Waals surface area contributed by atoms with E-state index in [2.05, 4.69) is 10.5 Å². The van der Waals surface area contributed by atoms with Gasteiger partial charge in [-0.25, -0.2) is 0 Å². The predicted molar refractivity (Wildman–Crippen MR) is 63.1 cm³/mol. The molecule has 6 N–H and O–H groups in total. The van der Waals surface area contributed by atoms with Crippen molar-refractivity contribution >= 4 is 11.7 Å². The molecule has 0 rings (SSSR count). The van der Waals surface area contributed by atoms with Crippen LogP contribution in [-0.2, 0) is 4.79 Å². The average Bonchev–Trinajstić information content (AvgIpc) is 2.23. The molecule has 0 fully saturated rings. The molecule has 0 aliphatic heterocycles. The van der Waals surface area contributed by atoms with Gasteiger partial charge in [0.05, 0.1) is 5.41 Å². The Morgan fingerprint density at radius 3 is 2.44 bits per heavy atom. The van der Waals surface area contributed by atoms with E-state index in [1.165, 1.54) is 0 Å². The van der Waals surface area contributed by atoms with Gasteiger partial charge in [-0.15, -0.1) is 0 Å². The molecule has 1 unspecified atom stereocenters. The monoisotopic (exact) mass is 230 g/mol. The maximum Gasteiger partial charge on any atom is 0.224 e. The Morgan fingerprint density at radius 2 is 2.06 bits per heavy atom. The summed E-state index contributed by atoms with van der Waals surface area (Å²) < 4.78 is 0. The smallest absolute Gasteiger partial charge is 0.224 e. The van der Waals surface area contributed by atoms with Gasteiger partial charge in [-0.2, -0.15) is 0 Å². The van der Waals surface area contributed by atoms with Gasteiger partial charge >= 0.3 is 0 Å². The number of rotatable bonds is 7. The Morgan fingerprint density at radius 1 is 1.50 bits per heavy atom. The van der Waals surface area contributed by atoms with Crippen LogP contribution in [0.25, 0.3) is 0 Å². The van der Waals surface area contributed by atoms with E-state index < -0.39 is 5.41 Å². The maximum absolute atomic E-state index is 11.1. The topological polar surface area (TPSA) is 114 Å². The summed E-state index contributed by atoms with van der Waals surface area (Å²) in [5.41, 5.74) is 10.1. The van der Waals surface area contributed by atoms with Crippen LogP contribution in [0.1, 0.15) is 33.6 Å². The number of nitrogens with zero attached hydrogens (tertiary/aromatic N) is 1. The van der Waals surface area contributed by atoms with Crippen LogP contribution in [0.2, 0.25) is 0 Å². The molecule has 0 heterocycles. The van der Waals surface area contributed by atoms with E-state index in [0.29, 0.717) is 13.0 Å². The molecule has 94 valence electrons. The molecule has 0 aliphatic rings. The van der Waals surface area contributed by atoms with Gasteiger partial charge in [-0.3, -0.25) is 4.79 Å². The molecule has 16 heavy (non-hydrogen) atoms. The molecule has 0 radical (unpaired) electrons. The molecule has 6 heteroatoms. The molecule has 0 saturated heterocycles. The van der Waals surface area contributed by atoms with Crippen molar-refractivity contribution in [3.8, 4) is 0 Å². The van der Waals surface area contributed by atoms with Crippen molar-refractivity contribution < 1.29 is 10.0 Å². The summed E-state index contributed by atoms with van der Waals surface area (Å²) in [6, 6.07) is 0.0783. The standard InChI is InChI=1S/C10H22N4O2/c1-4-7(5-8(11)14-16)13-6-10(2,3)9(12)15/h7,13,16H,4-6H2,1-3H3,(H2,11,14)(H2,12,15). The number of primary amides is 1. The summed E-state index contributed by atoms with van der Waals surface area (Å²) in [6.45, 7) is 6.01. The van der Waals surface area contributed by atoms with Crippen LogP contribution in [0.4, 0.5) is 0 Å². The second-order valence-corrected chi connectivity index (χ2v) is 4.53. The van der Waals surface area contributed by atoms with Gasteiger partial charge in [-0.05, 0) is 20.3 Å². The lowest BCUT2D eigenvalue weighted by Crippen LogP contribution is -2.44. The molecular weight excluding hydrogens is 208 g/mol. The molecule has 0 saturated carbocycles. The van der Waals surface area contributed by atoms with Gasteiger partial charge in [0.2, 0.25) is 5.91 Å². The first-order valence-electron chi connectivity index (χ1n) is 5.33. The molecule has 6 nitrogen and oxygen atoms in total. The Labute approximate surface area is 96.1 Å². The summed E-state index contributed by atoms with van der Waals surface area (Å²) in [7, 11) is 0. The Hall–Kier alpha value is -1.30. The van der Waals surface area contributed by atoms with Crippen LogP contribution < -0.4 is 16.8 Å². The van der Waals surface area contributed by atoms with E-state index in [-0.39, 0.29) is 17.8 Å². The van der Waals surface area contributed by atoms with E-state index in [1.54, 1.807) is 13.8 Å². The highest BCUT2D eigenvalue weighted by Gasteiger charge is 2.25. The van der Waals surface area contributed by atoms with E-state index >= 15 is 0 Å². The van der Waals surface area contributed by atoms with Crippen LogP contribution in [0.5, 0.6) is 0 Å². The van der Waals surface area contributed by atoms with E-state index in [1.807, 2.05) is 6.92 Å². The number of amides is 1. The molecule has 0 aromatic rings. The summed E-state index contributed by atoms with van der Waals surface area (Å²) >= 11 is 0. The number of hydrogen-bond acceptors (Lipinski definition) is 4. The van der Waals surface area contributed by atoms with Crippen LogP contribution in [0, 0.1) is 5.41 Å². The number of carbonyl (C=O) groups is 1. The minimum atomic E-state index is -0.599. The fraction of sp³-hybridized carbons (Fsp3) is 0.800. The van der Waals surface area contributed by atoms with Crippen molar-refractivity contribution in [1.29, 1.82) is 0 Å². The van der Waals surface area contributed by atoms with Gasteiger partial charge in [0.1, 0.15) is 5.84 Å². The SMILES string of the molecule is CCC(CC(N)=NO)NCC(C)(C)C(N)=O. The first-order chi connectivity index (χ1) is 7.33. The maximum atomic E-state index is 11.1. The quantitative estimate of drug-likeness (QED) is 0.213. The number of nitrogens with one attached hydrogen (secondary N) is 1. The van der Waals surface area contributed by atoms with Crippen molar-refractivity contribution in [2.24, 2.45) is 22.0 Å².